The second-order valence-electron chi connectivity index (χ2n) is 7.58. The Balaban J connectivity index is 1.88. The predicted molar refractivity (Wildman–Crippen MR) is 137 cm³/mol. The van der Waals surface area contributed by atoms with Gasteiger partial charge in [0.2, 0.25) is 0 Å². The van der Waals surface area contributed by atoms with E-state index >= 15 is 0 Å². The summed E-state index contributed by atoms with van der Waals surface area (Å²) >= 11 is 0.938. The molecule has 1 heterocycles. The van der Waals surface area contributed by atoms with E-state index in [1.165, 1.54) is 18.1 Å². The van der Waals surface area contributed by atoms with Crippen LogP contribution in [-0.2, 0) is 14.8 Å². The van der Waals surface area contributed by atoms with Crippen molar-refractivity contribution in [2.45, 2.75) is 31.1 Å². The van der Waals surface area contributed by atoms with Gasteiger partial charge in [0.25, 0.3) is 15.9 Å². The number of carbonyl (C=O) groups excluding carboxylic acids is 1. The van der Waals surface area contributed by atoms with Crippen LogP contribution in [0.1, 0.15) is 31.7 Å². The third kappa shape index (κ3) is 6.73. The molecular weight excluding hydrogens is 491 g/mol. The molecule has 0 saturated carbocycles. The number of carbonyl (C=O) groups is 1. The first kappa shape index (κ1) is 26.5. The van der Waals surface area contributed by atoms with Crippen molar-refractivity contribution in [3.63, 3.8) is 0 Å². The molecule has 0 unspecified atom stereocenters. The zero-order valence-electron chi connectivity index (χ0n) is 19.6. The van der Waals surface area contributed by atoms with Gasteiger partial charge in [-0.2, -0.15) is 8.42 Å². The fraction of sp³-hybridized carbons (Fsp3) is 0.280. The summed E-state index contributed by atoms with van der Waals surface area (Å²) in [4.78, 5) is 14.4. The second-order valence-corrected chi connectivity index (χ2v) is 10.2. The van der Waals surface area contributed by atoms with Crippen LogP contribution in [0.5, 0.6) is 11.5 Å². The number of thioether (sulfide) groups is 1. The topological polar surface area (TPSA) is 85.3 Å². The smallest absolute Gasteiger partial charge is 0.284 e. The van der Waals surface area contributed by atoms with E-state index in [9.17, 15) is 17.6 Å². The number of amides is 1. The third-order valence-corrected chi connectivity index (χ3v) is 7.40. The van der Waals surface area contributed by atoms with Gasteiger partial charge in [0.05, 0.1) is 23.5 Å². The number of rotatable bonds is 11. The lowest BCUT2D eigenvalue weighted by Gasteiger charge is -2.12. The van der Waals surface area contributed by atoms with Crippen LogP contribution >= 0.6 is 11.8 Å². The Kier molecular flexibility index (Phi) is 9.11. The quantitative estimate of drug-likeness (QED) is 0.229. The number of halogens is 1. The molecule has 1 aliphatic rings. The average Bonchev–Trinajstić information content (AvgIpc) is 3.11. The number of nitrogens with zero attached hydrogens (tertiary/aromatic N) is 2. The molecular formula is C25H27FN2O5S2. The number of methoxy groups -OCH3 is 1. The van der Waals surface area contributed by atoms with Crippen molar-refractivity contribution in [2.75, 3.05) is 20.3 Å². The number of benzene rings is 2. The van der Waals surface area contributed by atoms with Crippen LogP contribution in [0, 0.1) is 5.82 Å². The van der Waals surface area contributed by atoms with E-state index in [0.29, 0.717) is 28.6 Å². The van der Waals surface area contributed by atoms with Crippen LogP contribution in [0.25, 0.3) is 6.08 Å². The number of ether oxygens (including phenoxy) is 2. The van der Waals surface area contributed by atoms with Gasteiger partial charge in [0, 0.05) is 6.54 Å². The fourth-order valence-electron chi connectivity index (χ4n) is 3.21. The highest BCUT2D eigenvalue weighted by Crippen LogP contribution is 2.35. The summed E-state index contributed by atoms with van der Waals surface area (Å²) in [5.41, 5.74) is 0.680. The lowest BCUT2D eigenvalue weighted by atomic mass is 10.2. The number of hydrogen-bond acceptors (Lipinski definition) is 6. The molecule has 0 N–H and O–H groups in total. The van der Waals surface area contributed by atoms with E-state index in [1.54, 1.807) is 24.3 Å². The Morgan fingerprint density at radius 3 is 2.54 bits per heavy atom. The highest BCUT2D eigenvalue weighted by Gasteiger charge is 2.34. The number of hydrogen-bond donors (Lipinski definition) is 0. The molecule has 1 aliphatic heterocycles. The molecule has 3 rings (SSSR count). The van der Waals surface area contributed by atoms with Crippen LogP contribution < -0.4 is 9.47 Å². The molecule has 1 saturated heterocycles. The van der Waals surface area contributed by atoms with Gasteiger partial charge in [0.15, 0.2) is 16.7 Å². The first-order valence-corrected chi connectivity index (χ1v) is 13.3. The van der Waals surface area contributed by atoms with E-state index in [4.69, 9.17) is 9.47 Å². The first-order valence-electron chi connectivity index (χ1n) is 11.0. The second kappa shape index (κ2) is 12.0. The summed E-state index contributed by atoms with van der Waals surface area (Å²) in [5, 5.41) is -0.00619. The maximum Gasteiger partial charge on any atom is 0.284 e. The van der Waals surface area contributed by atoms with Gasteiger partial charge in [0.1, 0.15) is 5.82 Å². The summed E-state index contributed by atoms with van der Waals surface area (Å²) in [7, 11) is -2.61. The van der Waals surface area contributed by atoms with E-state index in [0.717, 1.165) is 55.3 Å². The van der Waals surface area contributed by atoms with Gasteiger partial charge >= 0.3 is 0 Å². The van der Waals surface area contributed by atoms with Crippen LogP contribution in [-0.4, -0.2) is 44.7 Å². The normalized spacial score (nSPS) is 16.2. The summed E-state index contributed by atoms with van der Waals surface area (Å²) in [6.45, 7) is 6.42. The van der Waals surface area contributed by atoms with Gasteiger partial charge in [-0.1, -0.05) is 31.9 Å². The molecule has 2 aromatic carbocycles. The zero-order valence-corrected chi connectivity index (χ0v) is 21.2. The maximum atomic E-state index is 13.2. The van der Waals surface area contributed by atoms with Gasteiger partial charge < -0.3 is 9.47 Å². The minimum Gasteiger partial charge on any atom is -0.493 e. The van der Waals surface area contributed by atoms with Crippen molar-refractivity contribution in [2.24, 2.45) is 4.40 Å². The van der Waals surface area contributed by atoms with Gasteiger partial charge in [-0.15, -0.1) is 11.0 Å². The number of sulfonamides is 1. The van der Waals surface area contributed by atoms with Crippen molar-refractivity contribution in [1.29, 1.82) is 0 Å². The molecule has 186 valence electrons. The molecule has 0 radical (unpaired) electrons. The maximum absolute atomic E-state index is 13.2. The Hall–Kier alpha value is -3.11. The minimum atomic E-state index is -4.15. The highest BCUT2D eigenvalue weighted by atomic mass is 32.2. The first-order chi connectivity index (χ1) is 16.8. The summed E-state index contributed by atoms with van der Waals surface area (Å²) in [6, 6.07) is 9.65. The van der Waals surface area contributed by atoms with E-state index in [1.807, 2.05) is 0 Å². The molecule has 0 aromatic heterocycles. The van der Waals surface area contributed by atoms with Crippen LogP contribution in [0.3, 0.4) is 0 Å². The zero-order chi connectivity index (χ0) is 25.4. The van der Waals surface area contributed by atoms with Crippen LogP contribution in [0.4, 0.5) is 4.39 Å². The summed E-state index contributed by atoms with van der Waals surface area (Å²) in [5.74, 6) is 0.175. The molecule has 7 nitrogen and oxygen atoms in total. The Labute approximate surface area is 209 Å². The summed E-state index contributed by atoms with van der Waals surface area (Å²) in [6.07, 6.45) is 6.24. The van der Waals surface area contributed by atoms with Crippen molar-refractivity contribution in [1.82, 2.24) is 4.90 Å². The lowest BCUT2D eigenvalue weighted by molar-refractivity contribution is -0.121. The molecule has 0 bridgehead atoms. The third-order valence-electron chi connectivity index (χ3n) is 5.00. The molecule has 0 aliphatic carbocycles. The molecule has 10 heteroatoms. The van der Waals surface area contributed by atoms with Crippen molar-refractivity contribution >= 4 is 38.9 Å². The van der Waals surface area contributed by atoms with Gasteiger partial charge in [-0.3, -0.25) is 9.69 Å². The molecule has 0 atom stereocenters. The fourth-order valence-corrected chi connectivity index (χ4v) is 5.40. The average molecular weight is 519 g/mol. The molecule has 35 heavy (non-hydrogen) atoms. The molecule has 1 fully saturated rings. The highest BCUT2D eigenvalue weighted by molar-refractivity contribution is 8.19. The van der Waals surface area contributed by atoms with Crippen molar-refractivity contribution in [3.8, 4) is 11.5 Å². The molecule has 0 spiro atoms. The SMILES string of the molecule is C=CCN1C(=O)C(=Cc2ccc(OCCCCC)c(OC)c2)SC1=NS(=O)(=O)c1ccc(F)cc1. The van der Waals surface area contributed by atoms with E-state index in [-0.39, 0.29) is 16.6 Å². The Bertz CT molecular complexity index is 1240. The van der Waals surface area contributed by atoms with Gasteiger partial charge in [-0.05, 0) is 66.2 Å². The molecule has 1 amide bonds. The number of amidine groups is 1. The monoisotopic (exact) mass is 518 g/mol. The largest absolute Gasteiger partial charge is 0.493 e. The predicted octanol–water partition coefficient (Wildman–Crippen LogP) is 5.25. The Morgan fingerprint density at radius 2 is 1.89 bits per heavy atom. The standard InChI is InChI=1S/C25H27FN2O5S2/c1-4-6-7-15-33-21-13-8-18(16-22(21)32-3)17-23-24(29)28(14-5-2)25(34-23)27-35(30,31)20-11-9-19(26)10-12-20/h5,8-13,16-17H,2,4,6-7,14-15H2,1,3H3. The van der Waals surface area contributed by atoms with Crippen molar-refractivity contribution < 1.29 is 27.1 Å². The lowest BCUT2D eigenvalue weighted by Crippen LogP contribution is -2.29. The van der Waals surface area contributed by atoms with Crippen molar-refractivity contribution in [3.05, 3.63) is 71.4 Å². The van der Waals surface area contributed by atoms with E-state index < -0.39 is 21.7 Å². The molecule has 2 aromatic rings. The van der Waals surface area contributed by atoms with Crippen LogP contribution in [0.15, 0.2) is 69.3 Å². The van der Waals surface area contributed by atoms with Crippen LogP contribution in [0.2, 0.25) is 0 Å². The van der Waals surface area contributed by atoms with E-state index in [2.05, 4.69) is 17.9 Å². The van der Waals surface area contributed by atoms with Gasteiger partial charge in [-0.25, -0.2) is 4.39 Å². The number of unbranched alkanes of at least 4 members (excludes halogenated alkanes) is 2. The minimum absolute atomic E-state index is 0.00619. The summed E-state index contributed by atoms with van der Waals surface area (Å²) < 4.78 is 53.8. The Morgan fingerprint density at radius 1 is 1.14 bits per heavy atom.